The van der Waals surface area contributed by atoms with Crippen LogP contribution in [0.5, 0.6) is 0 Å². The Balaban J connectivity index is 2.40. The normalized spacial score (nSPS) is 30.6. The first-order valence-electron chi connectivity index (χ1n) is 4.93. The molecule has 1 fully saturated rings. The number of alkyl halides is 3. The average molecular weight is 210 g/mol. The quantitative estimate of drug-likeness (QED) is 0.745. The molecule has 1 aliphatic heterocycles. The average Bonchev–Trinajstić information content (AvgIpc) is 2.01. The number of piperazine rings is 1. The van der Waals surface area contributed by atoms with E-state index < -0.39 is 12.6 Å². The maximum absolute atomic E-state index is 12.0. The van der Waals surface area contributed by atoms with Gasteiger partial charge in [-0.25, -0.2) is 0 Å². The van der Waals surface area contributed by atoms with Gasteiger partial charge >= 0.3 is 6.18 Å². The number of hydrogen-bond acceptors (Lipinski definition) is 2. The molecule has 1 rings (SSSR count). The van der Waals surface area contributed by atoms with Gasteiger partial charge < -0.3 is 5.32 Å². The maximum Gasteiger partial charge on any atom is 0.390 e. The summed E-state index contributed by atoms with van der Waals surface area (Å²) in [6.07, 6.45) is -4.74. The first-order chi connectivity index (χ1) is 6.40. The van der Waals surface area contributed by atoms with Crippen molar-refractivity contribution in [1.29, 1.82) is 0 Å². The van der Waals surface area contributed by atoms with Crippen LogP contribution < -0.4 is 5.32 Å². The largest absolute Gasteiger partial charge is 0.390 e. The Morgan fingerprint density at radius 2 is 1.71 bits per heavy atom. The van der Waals surface area contributed by atoms with E-state index in [0.29, 0.717) is 0 Å². The highest BCUT2D eigenvalue weighted by molar-refractivity contribution is 4.82. The molecule has 1 N–H and O–H groups in total. The van der Waals surface area contributed by atoms with Gasteiger partial charge in [0.2, 0.25) is 0 Å². The third-order valence-corrected chi connectivity index (χ3v) is 2.67. The summed E-state index contributed by atoms with van der Waals surface area (Å²) in [6, 6.07) is 0.391. The molecule has 0 aromatic rings. The highest BCUT2D eigenvalue weighted by atomic mass is 19.4. The van der Waals surface area contributed by atoms with Crippen LogP contribution in [0.25, 0.3) is 0 Å². The fourth-order valence-electron chi connectivity index (χ4n) is 1.87. The lowest BCUT2D eigenvalue weighted by atomic mass is 10.1. The van der Waals surface area contributed by atoms with E-state index in [9.17, 15) is 13.2 Å². The van der Waals surface area contributed by atoms with Crippen molar-refractivity contribution >= 4 is 0 Å². The van der Waals surface area contributed by atoms with E-state index in [1.54, 1.807) is 0 Å². The van der Waals surface area contributed by atoms with Gasteiger partial charge in [-0.1, -0.05) is 0 Å². The van der Waals surface area contributed by atoms with Crippen LogP contribution in [-0.2, 0) is 0 Å². The van der Waals surface area contributed by atoms with Gasteiger partial charge in [-0.05, 0) is 13.8 Å². The summed E-state index contributed by atoms with van der Waals surface area (Å²) in [5.41, 5.74) is 0. The van der Waals surface area contributed by atoms with Crippen LogP contribution in [0.2, 0.25) is 0 Å². The van der Waals surface area contributed by atoms with Crippen molar-refractivity contribution in [3.8, 4) is 0 Å². The van der Waals surface area contributed by atoms with Crippen molar-refractivity contribution in [3.05, 3.63) is 0 Å². The van der Waals surface area contributed by atoms with Crippen molar-refractivity contribution in [2.45, 2.75) is 38.5 Å². The molecule has 84 valence electrons. The van der Waals surface area contributed by atoms with Gasteiger partial charge in [0.1, 0.15) is 0 Å². The molecule has 0 saturated carbocycles. The molecule has 0 spiro atoms. The van der Waals surface area contributed by atoms with Crippen molar-refractivity contribution in [2.24, 2.45) is 0 Å². The van der Waals surface area contributed by atoms with Gasteiger partial charge in [-0.3, -0.25) is 4.90 Å². The lowest BCUT2D eigenvalue weighted by Crippen LogP contribution is -2.55. The summed E-state index contributed by atoms with van der Waals surface area (Å²) in [4.78, 5) is 1.92. The Morgan fingerprint density at radius 1 is 1.21 bits per heavy atom. The minimum absolute atomic E-state index is 0.119. The van der Waals surface area contributed by atoms with E-state index in [-0.39, 0.29) is 18.6 Å². The minimum Gasteiger partial charge on any atom is -0.314 e. The monoisotopic (exact) mass is 210 g/mol. The molecule has 1 saturated heterocycles. The second-order valence-electron chi connectivity index (χ2n) is 3.96. The van der Waals surface area contributed by atoms with Gasteiger partial charge in [0, 0.05) is 31.7 Å². The van der Waals surface area contributed by atoms with Crippen LogP contribution in [0.4, 0.5) is 13.2 Å². The molecule has 5 heteroatoms. The number of halogens is 3. The Labute approximate surface area is 82.5 Å². The summed E-state index contributed by atoms with van der Waals surface area (Å²) in [5.74, 6) is 0. The van der Waals surface area contributed by atoms with Crippen LogP contribution in [0.15, 0.2) is 0 Å². The second-order valence-corrected chi connectivity index (χ2v) is 3.96. The molecule has 1 heterocycles. The summed E-state index contributed by atoms with van der Waals surface area (Å²) in [7, 11) is 0. The molecule has 0 radical (unpaired) electrons. The zero-order chi connectivity index (χ0) is 10.8. The molecule has 0 amide bonds. The van der Waals surface area contributed by atoms with Crippen LogP contribution in [0.1, 0.15) is 20.3 Å². The van der Waals surface area contributed by atoms with Crippen molar-refractivity contribution < 1.29 is 13.2 Å². The Hall–Kier alpha value is -0.290. The van der Waals surface area contributed by atoms with E-state index in [2.05, 4.69) is 5.32 Å². The van der Waals surface area contributed by atoms with Crippen LogP contribution in [-0.4, -0.2) is 42.8 Å². The topological polar surface area (TPSA) is 15.3 Å². The van der Waals surface area contributed by atoms with E-state index in [0.717, 1.165) is 13.1 Å². The summed E-state index contributed by atoms with van der Waals surface area (Å²) in [6.45, 7) is 5.59. The van der Waals surface area contributed by atoms with Crippen LogP contribution in [0.3, 0.4) is 0 Å². The molecule has 0 aromatic carbocycles. The number of nitrogens with one attached hydrogen (secondary N) is 1. The molecule has 0 aromatic heterocycles. The Bertz CT molecular complexity index is 171. The summed E-state index contributed by atoms with van der Waals surface area (Å²) < 4.78 is 36.1. The highest BCUT2D eigenvalue weighted by Crippen LogP contribution is 2.21. The van der Waals surface area contributed by atoms with Gasteiger partial charge in [0.15, 0.2) is 0 Å². The fourth-order valence-corrected chi connectivity index (χ4v) is 1.87. The van der Waals surface area contributed by atoms with Crippen molar-refractivity contribution in [3.63, 3.8) is 0 Å². The number of rotatable bonds is 2. The molecule has 14 heavy (non-hydrogen) atoms. The zero-order valence-corrected chi connectivity index (χ0v) is 8.56. The molecule has 0 bridgehead atoms. The molecule has 2 atom stereocenters. The minimum atomic E-state index is -4.04. The van der Waals surface area contributed by atoms with E-state index in [4.69, 9.17) is 0 Å². The SMILES string of the molecule is CC1CNCC(C)N1CCC(F)(F)F. The first kappa shape index (κ1) is 11.8. The van der Waals surface area contributed by atoms with Gasteiger partial charge in [0.05, 0.1) is 6.42 Å². The predicted molar refractivity (Wildman–Crippen MR) is 49.2 cm³/mol. The molecule has 2 unspecified atom stereocenters. The lowest BCUT2D eigenvalue weighted by Gasteiger charge is -2.39. The van der Waals surface area contributed by atoms with E-state index >= 15 is 0 Å². The van der Waals surface area contributed by atoms with Crippen LogP contribution in [0, 0.1) is 0 Å². The molecule has 1 aliphatic rings. The molecule has 0 aliphatic carbocycles. The fraction of sp³-hybridized carbons (Fsp3) is 1.00. The van der Waals surface area contributed by atoms with Crippen LogP contribution >= 0.6 is 0 Å². The third kappa shape index (κ3) is 3.46. The Kier molecular flexibility index (Phi) is 3.78. The maximum atomic E-state index is 12.0. The van der Waals surface area contributed by atoms with Gasteiger partial charge in [-0.15, -0.1) is 0 Å². The zero-order valence-electron chi connectivity index (χ0n) is 8.56. The standard InChI is InChI=1S/C9H17F3N2/c1-7-5-13-6-8(2)14(7)4-3-9(10,11)12/h7-8,13H,3-6H2,1-2H3. The lowest BCUT2D eigenvalue weighted by molar-refractivity contribution is -0.140. The molecular formula is C9H17F3N2. The van der Waals surface area contributed by atoms with E-state index in [1.807, 2.05) is 18.7 Å². The van der Waals surface area contributed by atoms with Crippen molar-refractivity contribution in [1.82, 2.24) is 10.2 Å². The van der Waals surface area contributed by atoms with Crippen molar-refractivity contribution in [2.75, 3.05) is 19.6 Å². The van der Waals surface area contributed by atoms with Gasteiger partial charge in [-0.2, -0.15) is 13.2 Å². The second kappa shape index (κ2) is 4.49. The molecular weight excluding hydrogens is 193 g/mol. The predicted octanol–water partition coefficient (Wildman–Crippen LogP) is 1.62. The number of hydrogen-bond donors (Lipinski definition) is 1. The summed E-state index contributed by atoms with van der Waals surface area (Å²) in [5, 5.41) is 3.19. The van der Waals surface area contributed by atoms with E-state index in [1.165, 1.54) is 0 Å². The third-order valence-electron chi connectivity index (χ3n) is 2.67. The Morgan fingerprint density at radius 3 is 2.14 bits per heavy atom. The molecule has 2 nitrogen and oxygen atoms in total. The number of nitrogens with zero attached hydrogens (tertiary/aromatic N) is 1. The highest BCUT2D eigenvalue weighted by Gasteiger charge is 2.31. The first-order valence-corrected chi connectivity index (χ1v) is 4.93. The summed E-state index contributed by atoms with van der Waals surface area (Å²) >= 11 is 0. The van der Waals surface area contributed by atoms with Gasteiger partial charge in [0.25, 0.3) is 0 Å². The smallest absolute Gasteiger partial charge is 0.314 e.